The molecule has 0 saturated carbocycles. The second-order valence-corrected chi connectivity index (χ2v) is 6.47. The highest BCUT2D eigenvalue weighted by molar-refractivity contribution is 7.99. The fourth-order valence-electron chi connectivity index (χ4n) is 2.74. The van der Waals surface area contributed by atoms with Crippen LogP contribution in [0.4, 0.5) is 13.2 Å². The van der Waals surface area contributed by atoms with Gasteiger partial charge in [0.1, 0.15) is 0 Å². The summed E-state index contributed by atoms with van der Waals surface area (Å²) in [7, 11) is 0. The summed E-state index contributed by atoms with van der Waals surface area (Å²) in [6, 6.07) is 9.04. The Morgan fingerprint density at radius 3 is 2.52 bits per heavy atom. The Hall–Kier alpha value is -2.06. The molecule has 0 spiro atoms. The van der Waals surface area contributed by atoms with Gasteiger partial charge in [-0.25, -0.2) is 0 Å². The van der Waals surface area contributed by atoms with Crippen molar-refractivity contribution < 1.29 is 13.2 Å². The molecule has 3 nitrogen and oxygen atoms in total. The average molecular weight is 352 g/mol. The molecule has 2 aromatic carbocycles. The average Bonchev–Trinajstić information content (AvgIpc) is 2.49. The Morgan fingerprint density at radius 1 is 1.09 bits per heavy atom. The molecule has 0 amide bonds. The number of aromatic nitrogens is 2. The van der Waals surface area contributed by atoms with Gasteiger partial charge in [-0.1, -0.05) is 23.9 Å². The van der Waals surface area contributed by atoms with Gasteiger partial charge in [0.05, 0.1) is 22.2 Å². The highest BCUT2D eigenvalue weighted by atomic mass is 32.2. The van der Waals surface area contributed by atoms with E-state index in [1.807, 2.05) is 0 Å². The molecule has 0 radical (unpaired) electrons. The van der Waals surface area contributed by atoms with Crippen molar-refractivity contribution in [1.29, 1.82) is 0 Å². The number of nitrogens with zero attached hydrogens (tertiary/aromatic N) is 1. The van der Waals surface area contributed by atoms with E-state index in [2.05, 4.69) is 4.98 Å². The summed E-state index contributed by atoms with van der Waals surface area (Å²) >= 11 is 6.35. The maximum Gasteiger partial charge on any atom is 0.418 e. The molecule has 1 aromatic heterocycles. The van der Waals surface area contributed by atoms with E-state index >= 15 is 0 Å². The highest BCUT2D eigenvalue weighted by Gasteiger charge is 2.37. The Morgan fingerprint density at radius 2 is 1.78 bits per heavy atom. The van der Waals surface area contributed by atoms with Crippen molar-refractivity contribution in [2.75, 3.05) is 0 Å². The second kappa shape index (κ2) is 4.72. The lowest BCUT2D eigenvalue weighted by atomic mass is 10.1. The smallest absolute Gasteiger partial charge is 0.298 e. The van der Waals surface area contributed by atoms with E-state index in [-0.39, 0.29) is 10.5 Å². The molecule has 3 aromatic rings. The van der Waals surface area contributed by atoms with Crippen molar-refractivity contribution in [3.8, 4) is 5.69 Å². The number of alkyl halides is 3. The molecule has 0 atom stereocenters. The molecule has 23 heavy (non-hydrogen) atoms. The molecule has 0 fully saturated rings. The minimum Gasteiger partial charge on any atom is -0.298 e. The molecule has 1 aliphatic rings. The number of halogens is 3. The normalized spacial score (nSPS) is 13.2. The summed E-state index contributed by atoms with van der Waals surface area (Å²) in [6.45, 7) is 0. The number of aromatic amines is 1. The third-order valence-electron chi connectivity index (χ3n) is 3.64. The van der Waals surface area contributed by atoms with Crippen LogP contribution < -0.4 is 5.56 Å². The topological polar surface area (TPSA) is 37.8 Å². The van der Waals surface area contributed by atoms with E-state index in [0.29, 0.717) is 20.7 Å². The van der Waals surface area contributed by atoms with Crippen molar-refractivity contribution in [1.82, 2.24) is 9.55 Å². The Balaban J connectivity index is 2.27. The third kappa shape index (κ3) is 2.05. The van der Waals surface area contributed by atoms with Crippen LogP contribution >= 0.6 is 24.0 Å². The lowest BCUT2D eigenvalue weighted by molar-refractivity contribution is -0.137. The fourth-order valence-corrected chi connectivity index (χ4v) is 4.14. The van der Waals surface area contributed by atoms with Gasteiger partial charge in [-0.05, 0) is 36.5 Å². The molecular formula is C15H7F3N2OS2. The zero-order valence-electron chi connectivity index (χ0n) is 11.3. The number of hydrogen-bond acceptors (Lipinski definition) is 3. The van der Waals surface area contributed by atoms with Crippen LogP contribution in [0.15, 0.2) is 51.0 Å². The molecule has 8 heteroatoms. The van der Waals surface area contributed by atoms with E-state index in [9.17, 15) is 18.0 Å². The van der Waals surface area contributed by atoms with Gasteiger partial charge in [0.2, 0.25) is 0 Å². The van der Waals surface area contributed by atoms with Crippen molar-refractivity contribution in [2.24, 2.45) is 0 Å². The number of hydrogen-bond donors (Lipinski definition) is 1. The highest BCUT2D eigenvalue weighted by Crippen LogP contribution is 2.46. The largest absolute Gasteiger partial charge is 0.418 e. The van der Waals surface area contributed by atoms with Crippen LogP contribution in [0.25, 0.3) is 16.6 Å². The van der Waals surface area contributed by atoms with Gasteiger partial charge in [0, 0.05) is 9.79 Å². The van der Waals surface area contributed by atoms with E-state index in [1.54, 1.807) is 24.3 Å². The first-order valence-electron chi connectivity index (χ1n) is 6.54. The van der Waals surface area contributed by atoms with Gasteiger partial charge in [-0.2, -0.15) is 13.2 Å². The van der Waals surface area contributed by atoms with Crippen LogP contribution in [-0.2, 0) is 6.18 Å². The number of fused-ring (bicyclic) bond motifs is 2. The van der Waals surface area contributed by atoms with Crippen LogP contribution in [0.3, 0.4) is 0 Å². The second-order valence-electron chi connectivity index (χ2n) is 5.00. The molecule has 0 bridgehead atoms. The van der Waals surface area contributed by atoms with Crippen molar-refractivity contribution in [3.05, 3.63) is 57.1 Å². The van der Waals surface area contributed by atoms with Gasteiger partial charge < -0.3 is 0 Å². The molecule has 0 aliphatic carbocycles. The standard InChI is InChI=1S/C15H7F3N2OS2/c16-15(17,18)8-4-2-6-10-12(8)20-11-7(13(21)19-14(20)22)3-1-5-9(11)23-10/h1-6H,(H,19,21,22). The summed E-state index contributed by atoms with van der Waals surface area (Å²) in [5.74, 6) is 0. The lowest BCUT2D eigenvalue weighted by Crippen LogP contribution is -2.19. The maximum absolute atomic E-state index is 13.4. The van der Waals surface area contributed by atoms with Crippen LogP contribution in [0.5, 0.6) is 0 Å². The molecular weight excluding hydrogens is 345 g/mol. The number of benzene rings is 2. The SMILES string of the molecule is O=c1[nH]c(=S)n2c3c(cccc13)Sc1cccc(C(F)(F)F)c1-2. The minimum absolute atomic E-state index is 0.0325. The van der Waals surface area contributed by atoms with Gasteiger partial charge >= 0.3 is 6.18 Å². The van der Waals surface area contributed by atoms with Gasteiger partial charge in [-0.15, -0.1) is 0 Å². The molecule has 2 heterocycles. The summed E-state index contributed by atoms with van der Waals surface area (Å²) in [6.07, 6.45) is -4.52. The zero-order valence-corrected chi connectivity index (χ0v) is 12.9. The van der Waals surface area contributed by atoms with Crippen LogP contribution in [0, 0.1) is 4.77 Å². The zero-order chi connectivity index (χ0) is 16.4. The van der Waals surface area contributed by atoms with Crippen LogP contribution in [0.1, 0.15) is 5.56 Å². The van der Waals surface area contributed by atoms with Gasteiger partial charge in [-0.3, -0.25) is 14.3 Å². The van der Waals surface area contributed by atoms with Crippen LogP contribution in [0.2, 0.25) is 0 Å². The summed E-state index contributed by atoms with van der Waals surface area (Å²) in [5.41, 5.74) is -0.802. The van der Waals surface area contributed by atoms with E-state index < -0.39 is 17.3 Å². The predicted molar refractivity (Wildman–Crippen MR) is 83.9 cm³/mol. The van der Waals surface area contributed by atoms with Crippen molar-refractivity contribution in [2.45, 2.75) is 16.0 Å². The first-order chi connectivity index (χ1) is 10.9. The van der Waals surface area contributed by atoms with E-state index in [4.69, 9.17) is 12.2 Å². The Kier molecular flexibility index (Phi) is 2.98. The third-order valence-corrected chi connectivity index (χ3v) is 5.02. The quantitative estimate of drug-likeness (QED) is 0.473. The number of rotatable bonds is 0. The summed E-state index contributed by atoms with van der Waals surface area (Å²) in [5, 5.41) is 0.311. The number of para-hydroxylation sites is 2. The number of H-pyrrole nitrogens is 1. The predicted octanol–water partition coefficient (Wildman–Crippen LogP) is 4.53. The fraction of sp³-hybridized carbons (Fsp3) is 0.0667. The first-order valence-corrected chi connectivity index (χ1v) is 7.77. The van der Waals surface area contributed by atoms with Crippen molar-refractivity contribution >= 4 is 34.9 Å². The molecule has 116 valence electrons. The molecule has 1 aliphatic heterocycles. The molecule has 0 unspecified atom stereocenters. The van der Waals surface area contributed by atoms with Gasteiger partial charge in [0.15, 0.2) is 4.77 Å². The van der Waals surface area contributed by atoms with Crippen molar-refractivity contribution in [3.63, 3.8) is 0 Å². The Labute approximate surface area is 136 Å². The number of nitrogens with one attached hydrogen (secondary N) is 1. The molecule has 4 rings (SSSR count). The summed E-state index contributed by atoms with van der Waals surface area (Å²) in [4.78, 5) is 15.7. The van der Waals surface area contributed by atoms with E-state index in [1.165, 1.54) is 22.4 Å². The first kappa shape index (κ1) is 14.5. The van der Waals surface area contributed by atoms with Crippen LogP contribution in [-0.4, -0.2) is 9.55 Å². The molecule has 1 N–H and O–H groups in total. The minimum atomic E-state index is -4.52. The lowest BCUT2D eigenvalue weighted by Gasteiger charge is -2.25. The van der Waals surface area contributed by atoms with Gasteiger partial charge in [0.25, 0.3) is 5.56 Å². The monoisotopic (exact) mass is 352 g/mol. The maximum atomic E-state index is 13.4. The Bertz CT molecular complexity index is 1080. The molecule has 0 saturated heterocycles. The van der Waals surface area contributed by atoms with E-state index in [0.717, 1.165) is 6.07 Å². The summed E-state index contributed by atoms with van der Waals surface area (Å²) < 4.78 is 41.5.